The SMILES string of the molecule is O=C(O)N(C[C@@H]1CCNC1)c1ccccc1-c1ccc(F)c(Cl)c1. The fraction of sp³-hybridized carbons (Fsp3) is 0.278. The Hall–Kier alpha value is -2.11. The standard InChI is InChI=1S/C18H18ClFN2O2/c19-15-9-13(5-6-16(15)20)14-3-1-2-4-17(14)22(18(23)24)11-12-7-8-21-10-12/h1-6,9,12,21H,7-8,10-11H2,(H,23,24)/t12-/m1/s1. The van der Waals surface area contributed by atoms with Gasteiger partial charge in [0, 0.05) is 12.1 Å². The summed E-state index contributed by atoms with van der Waals surface area (Å²) < 4.78 is 13.4. The monoisotopic (exact) mass is 348 g/mol. The molecule has 2 aromatic carbocycles. The van der Waals surface area contributed by atoms with Crippen LogP contribution in [0.2, 0.25) is 5.02 Å². The third-order valence-electron chi connectivity index (χ3n) is 4.26. The van der Waals surface area contributed by atoms with Crippen LogP contribution in [0, 0.1) is 11.7 Å². The number of carboxylic acid groups (broad SMARTS) is 1. The largest absolute Gasteiger partial charge is 0.465 e. The van der Waals surface area contributed by atoms with Crippen LogP contribution in [-0.4, -0.2) is 30.8 Å². The first kappa shape index (κ1) is 16.7. The molecule has 1 aliphatic heterocycles. The van der Waals surface area contributed by atoms with Gasteiger partial charge in [0.05, 0.1) is 10.7 Å². The van der Waals surface area contributed by atoms with Gasteiger partial charge < -0.3 is 10.4 Å². The van der Waals surface area contributed by atoms with Crippen LogP contribution in [0.1, 0.15) is 6.42 Å². The maximum atomic E-state index is 13.4. The van der Waals surface area contributed by atoms with Gasteiger partial charge in [0.15, 0.2) is 0 Å². The minimum atomic E-state index is -0.998. The summed E-state index contributed by atoms with van der Waals surface area (Å²) >= 11 is 5.88. The number of halogens is 2. The third kappa shape index (κ3) is 3.52. The van der Waals surface area contributed by atoms with E-state index in [2.05, 4.69) is 5.32 Å². The summed E-state index contributed by atoms with van der Waals surface area (Å²) in [6, 6.07) is 11.6. The predicted octanol–water partition coefficient (Wildman–Crippen LogP) is 4.24. The van der Waals surface area contributed by atoms with E-state index in [1.54, 1.807) is 18.2 Å². The lowest BCUT2D eigenvalue weighted by Gasteiger charge is -2.25. The molecule has 126 valence electrons. The first-order chi connectivity index (χ1) is 11.6. The van der Waals surface area contributed by atoms with E-state index in [9.17, 15) is 14.3 Å². The molecule has 0 unspecified atom stereocenters. The van der Waals surface area contributed by atoms with Crippen molar-refractivity contribution in [2.75, 3.05) is 24.5 Å². The summed E-state index contributed by atoms with van der Waals surface area (Å²) in [6.07, 6.45) is -0.0449. The summed E-state index contributed by atoms with van der Waals surface area (Å²) in [5.74, 6) is -0.212. The maximum Gasteiger partial charge on any atom is 0.411 e. The molecule has 2 N–H and O–H groups in total. The number of anilines is 1. The molecule has 1 saturated heterocycles. The van der Waals surface area contributed by atoms with Gasteiger partial charge in [-0.3, -0.25) is 4.90 Å². The van der Waals surface area contributed by atoms with Gasteiger partial charge >= 0.3 is 6.09 Å². The van der Waals surface area contributed by atoms with Crippen molar-refractivity contribution >= 4 is 23.4 Å². The van der Waals surface area contributed by atoms with Crippen molar-refractivity contribution in [2.24, 2.45) is 5.92 Å². The first-order valence-corrected chi connectivity index (χ1v) is 8.19. The molecule has 0 spiro atoms. The van der Waals surface area contributed by atoms with Gasteiger partial charge in [-0.1, -0.05) is 35.9 Å². The molecule has 1 fully saturated rings. The van der Waals surface area contributed by atoms with Crippen molar-refractivity contribution in [2.45, 2.75) is 6.42 Å². The molecule has 4 nitrogen and oxygen atoms in total. The van der Waals surface area contributed by atoms with Crippen LogP contribution in [0.4, 0.5) is 14.9 Å². The zero-order valence-corrected chi connectivity index (χ0v) is 13.8. The lowest BCUT2D eigenvalue weighted by Crippen LogP contribution is -2.35. The lowest BCUT2D eigenvalue weighted by atomic mass is 10.0. The summed E-state index contributed by atoms with van der Waals surface area (Å²) in [5, 5.41) is 12.9. The van der Waals surface area contributed by atoms with E-state index in [1.165, 1.54) is 17.0 Å². The zero-order valence-electron chi connectivity index (χ0n) is 13.0. The highest BCUT2D eigenvalue weighted by Gasteiger charge is 2.24. The second kappa shape index (κ2) is 7.20. The third-order valence-corrected chi connectivity index (χ3v) is 4.55. The van der Waals surface area contributed by atoms with E-state index in [1.807, 2.05) is 12.1 Å². The second-order valence-electron chi connectivity index (χ2n) is 5.90. The molecule has 1 atom stereocenters. The van der Waals surface area contributed by atoms with Crippen LogP contribution in [0.5, 0.6) is 0 Å². The highest BCUT2D eigenvalue weighted by Crippen LogP contribution is 2.33. The normalized spacial score (nSPS) is 17.0. The number of nitrogens with zero attached hydrogens (tertiary/aromatic N) is 1. The highest BCUT2D eigenvalue weighted by molar-refractivity contribution is 6.31. The van der Waals surface area contributed by atoms with Gasteiger partial charge in [-0.05, 0) is 49.2 Å². The predicted molar refractivity (Wildman–Crippen MR) is 93.2 cm³/mol. The van der Waals surface area contributed by atoms with Gasteiger partial charge in [-0.15, -0.1) is 0 Å². The average molecular weight is 349 g/mol. The highest BCUT2D eigenvalue weighted by atomic mass is 35.5. The molecule has 0 aliphatic carbocycles. The molecule has 0 bridgehead atoms. The molecule has 6 heteroatoms. The maximum absolute atomic E-state index is 13.4. The van der Waals surface area contributed by atoms with E-state index in [0.717, 1.165) is 19.5 Å². The Balaban J connectivity index is 1.99. The van der Waals surface area contributed by atoms with Gasteiger partial charge in [-0.2, -0.15) is 0 Å². The van der Waals surface area contributed by atoms with Crippen molar-refractivity contribution < 1.29 is 14.3 Å². The van der Waals surface area contributed by atoms with Crippen molar-refractivity contribution in [3.8, 4) is 11.1 Å². The molecule has 0 radical (unpaired) electrons. The van der Waals surface area contributed by atoms with Crippen LogP contribution in [-0.2, 0) is 0 Å². The van der Waals surface area contributed by atoms with E-state index in [-0.39, 0.29) is 10.9 Å². The number of rotatable bonds is 4. The fourth-order valence-corrected chi connectivity index (χ4v) is 3.21. The van der Waals surface area contributed by atoms with Gasteiger partial charge in [0.25, 0.3) is 0 Å². The van der Waals surface area contributed by atoms with E-state index in [0.29, 0.717) is 23.4 Å². The topological polar surface area (TPSA) is 52.6 Å². The number of amides is 1. The van der Waals surface area contributed by atoms with Crippen LogP contribution in [0.3, 0.4) is 0 Å². The van der Waals surface area contributed by atoms with Gasteiger partial charge in [0.1, 0.15) is 5.82 Å². The number of para-hydroxylation sites is 1. The molecule has 1 aliphatic rings. The molecule has 0 aromatic heterocycles. The number of carbonyl (C=O) groups is 1. The average Bonchev–Trinajstić information content (AvgIpc) is 3.08. The Labute approximate surface area is 144 Å². The number of hydrogen-bond acceptors (Lipinski definition) is 2. The molecular formula is C18H18ClFN2O2. The van der Waals surface area contributed by atoms with Crippen molar-refractivity contribution in [1.29, 1.82) is 0 Å². The summed E-state index contributed by atoms with van der Waals surface area (Å²) in [4.78, 5) is 13.2. The van der Waals surface area contributed by atoms with Crippen molar-refractivity contribution in [3.05, 3.63) is 53.3 Å². The summed E-state index contributed by atoms with van der Waals surface area (Å²) in [6.45, 7) is 2.15. The molecule has 1 amide bonds. The fourth-order valence-electron chi connectivity index (χ4n) is 3.02. The van der Waals surface area contributed by atoms with E-state index >= 15 is 0 Å². The minimum Gasteiger partial charge on any atom is -0.465 e. The van der Waals surface area contributed by atoms with Crippen LogP contribution in [0.25, 0.3) is 11.1 Å². The Morgan fingerprint density at radius 1 is 1.33 bits per heavy atom. The molecule has 3 rings (SSSR count). The number of nitrogens with one attached hydrogen (secondary N) is 1. The Morgan fingerprint density at radius 2 is 2.12 bits per heavy atom. The minimum absolute atomic E-state index is 0.0178. The molecule has 24 heavy (non-hydrogen) atoms. The zero-order chi connectivity index (χ0) is 17.1. The van der Waals surface area contributed by atoms with Crippen LogP contribution < -0.4 is 10.2 Å². The van der Waals surface area contributed by atoms with E-state index < -0.39 is 11.9 Å². The van der Waals surface area contributed by atoms with Gasteiger partial charge in [-0.25, -0.2) is 9.18 Å². The smallest absolute Gasteiger partial charge is 0.411 e. The molecular weight excluding hydrogens is 331 g/mol. The van der Waals surface area contributed by atoms with Crippen LogP contribution in [0.15, 0.2) is 42.5 Å². The Kier molecular flexibility index (Phi) is 5.02. The van der Waals surface area contributed by atoms with Crippen molar-refractivity contribution in [3.63, 3.8) is 0 Å². The van der Waals surface area contributed by atoms with Crippen molar-refractivity contribution in [1.82, 2.24) is 5.32 Å². The molecule has 2 aromatic rings. The lowest BCUT2D eigenvalue weighted by molar-refractivity contribution is 0.200. The summed E-state index contributed by atoms with van der Waals surface area (Å²) in [5.41, 5.74) is 1.99. The van der Waals surface area contributed by atoms with E-state index in [4.69, 9.17) is 11.6 Å². The quantitative estimate of drug-likeness (QED) is 0.869. The van der Waals surface area contributed by atoms with Crippen LogP contribution >= 0.6 is 11.6 Å². The first-order valence-electron chi connectivity index (χ1n) is 7.82. The number of hydrogen-bond donors (Lipinski definition) is 2. The molecule has 0 saturated carbocycles. The second-order valence-corrected chi connectivity index (χ2v) is 6.31. The van der Waals surface area contributed by atoms with Gasteiger partial charge in [0.2, 0.25) is 0 Å². The summed E-state index contributed by atoms with van der Waals surface area (Å²) in [7, 11) is 0. The number of benzene rings is 2. The Morgan fingerprint density at radius 3 is 2.79 bits per heavy atom. The molecule has 1 heterocycles. The Bertz CT molecular complexity index is 748.